The van der Waals surface area contributed by atoms with Crippen LogP contribution in [0.4, 0.5) is 5.82 Å². The van der Waals surface area contributed by atoms with Crippen LogP contribution in [-0.2, 0) is 4.79 Å². The molecule has 0 bridgehead atoms. The molecule has 1 saturated heterocycles. The number of fused-ring (bicyclic) bond motifs is 1. The molecular formula is C14H18Br2N4O. The highest BCUT2D eigenvalue weighted by molar-refractivity contribution is 9.11. The Labute approximate surface area is 141 Å². The average Bonchev–Trinajstić information content (AvgIpc) is 2.49. The predicted octanol–water partition coefficient (Wildman–Crippen LogP) is 3.25. The lowest BCUT2D eigenvalue weighted by atomic mass is 9.77. The van der Waals surface area contributed by atoms with Crippen molar-refractivity contribution in [1.82, 2.24) is 15.3 Å². The molecule has 2 N–H and O–H groups in total. The molecule has 1 aliphatic heterocycles. The van der Waals surface area contributed by atoms with Gasteiger partial charge in [0, 0.05) is 6.04 Å². The summed E-state index contributed by atoms with van der Waals surface area (Å²) in [5, 5.41) is 6.38. The molecule has 1 amide bonds. The Morgan fingerprint density at radius 1 is 1.24 bits per heavy atom. The number of halogens is 2. The summed E-state index contributed by atoms with van der Waals surface area (Å²) < 4.78 is 1.17. The van der Waals surface area contributed by atoms with Crippen LogP contribution in [-0.4, -0.2) is 28.0 Å². The number of carbonyl (C=O) groups excluding carboxylic acids is 1. The Bertz CT molecular complexity index is 540. The summed E-state index contributed by atoms with van der Waals surface area (Å²) >= 11 is 6.56. The summed E-state index contributed by atoms with van der Waals surface area (Å²) in [4.78, 5) is 20.8. The second-order valence-corrected chi connectivity index (χ2v) is 7.33. The summed E-state index contributed by atoms with van der Waals surface area (Å²) in [7, 11) is 0. The van der Waals surface area contributed by atoms with Crippen molar-refractivity contribution in [2.45, 2.75) is 50.6 Å². The Hall–Kier alpha value is -0.530. The van der Waals surface area contributed by atoms with E-state index >= 15 is 0 Å². The van der Waals surface area contributed by atoms with Gasteiger partial charge in [-0.25, -0.2) is 9.97 Å². The summed E-state index contributed by atoms with van der Waals surface area (Å²) in [6.07, 6.45) is 8.71. The van der Waals surface area contributed by atoms with E-state index in [9.17, 15) is 4.79 Å². The molecule has 2 fully saturated rings. The first-order valence-corrected chi connectivity index (χ1v) is 8.97. The first kappa shape index (κ1) is 15.4. The van der Waals surface area contributed by atoms with Crippen molar-refractivity contribution in [3.05, 3.63) is 15.4 Å². The Morgan fingerprint density at radius 3 is 2.86 bits per heavy atom. The van der Waals surface area contributed by atoms with E-state index in [0.29, 0.717) is 21.1 Å². The van der Waals surface area contributed by atoms with Crippen molar-refractivity contribution in [2.75, 3.05) is 5.32 Å². The van der Waals surface area contributed by atoms with E-state index < -0.39 is 0 Å². The zero-order valence-electron chi connectivity index (χ0n) is 11.6. The lowest BCUT2D eigenvalue weighted by molar-refractivity contribution is -0.119. The highest BCUT2D eigenvalue weighted by Gasteiger charge is 2.34. The third-order valence-electron chi connectivity index (χ3n) is 4.41. The molecule has 7 heteroatoms. The molecule has 1 aromatic heterocycles. The number of nitrogens with one attached hydrogen (secondary N) is 2. The molecule has 0 aromatic carbocycles. The smallest absolute Gasteiger partial charge is 0.242 e. The van der Waals surface area contributed by atoms with Gasteiger partial charge in [0.15, 0.2) is 5.82 Å². The first-order chi connectivity index (χ1) is 10.1. The number of hydrogen-bond donors (Lipinski definition) is 2. The van der Waals surface area contributed by atoms with Crippen LogP contribution < -0.4 is 10.6 Å². The lowest BCUT2D eigenvalue weighted by Crippen LogP contribution is -2.53. The van der Waals surface area contributed by atoms with E-state index in [1.54, 1.807) is 6.20 Å². The van der Waals surface area contributed by atoms with Crippen molar-refractivity contribution in [3.63, 3.8) is 0 Å². The van der Waals surface area contributed by atoms with E-state index in [0.717, 1.165) is 18.8 Å². The fourth-order valence-electron chi connectivity index (χ4n) is 3.34. The average molecular weight is 418 g/mol. The maximum atomic E-state index is 12.4. The van der Waals surface area contributed by atoms with Gasteiger partial charge in [0.1, 0.15) is 9.21 Å². The molecule has 114 valence electrons. The van der Waals surface area contributed by atoms with Gasteiger partial charge in [-0.1, -0.05) is 12.8 Å². The molecule has 3 atom stereocenters. The molecule has 21 heavy (non-hydrogen) atoms. The minimum absolute atomic E-state index is 0.0173. The van der Waals surface area contributed by atoms with Gasteiger partial charge in [0.05, 0.1) is 12.2 Å². The maximum Gasteiger partial charge on any atom is 0.242 e. The van der Waals surface area contributed by atoms with Crippen molar-refractivity contribution >= 4 is 43.6 Å². The van der Waals surface area contributed by atoms with E-state index in [1.165, 1.54) is 25.7 Å². The van der Waals surface area contributed by atoms with Gasteiger partial charge >= 0.3 is 0 Å². The van der Waals surface area contributed by atoms with Gasteiger partial charge in [0.25, 0.3) is 0 Å². The summed E-state index contributed by atoms with van der Waals surface area (Å²) in [6, 6.07) is 0.379. The number of carbonyl (C=O) groups is 1. The predicted molar refractivity (Wildman–Crippen MR) is 88.0 cm³/mol. The number of piperidine rings is 1. The van der Waals surface area contributed by atoms with Crippen LogP contribution >= 0.6 is 31.9 Å². The zero-order chi connectivity index (χ0) is 14.8. The summed E-state index contributed by atoms with van der Waals surface area (Å²) in [5.41, 5.74) is 0. The van der Waals surface area contributed by atoms with E-state index in [1.807, 2.05) is 0 Å². The number of rotatable bonds is 2. The van der Waals surface area contributed by atoms with Crippen molar-refractivity contribution in [3.8, 4) is 0 Å². The molecule has 2 heterocycles. The molecule has 3 rings (SSSR count). The molecule has 3 unspecified atom stereocenters. The van der Waals surface area contributed by atoms with Crippen LogP contribution in [0, 0.1) is 5.92 Å². The van der Waals surface area contributed by atoms with Gasteiger partial charge < -0.3 is 10.6 Å². The SMILES string of the molecule is O=C(Nc1ncc(Br)nc1Br)C1CCC2CCCCC2N1. The van der Waals surface area contributed by atoms with Gasteiger partial charge in [-0.2, -0.15) is 0 Å². The van der Waals surface area contributed by atoms with Crippen LogP contribution in [0.5, 0.6) is 0 Å². The van der Waals surface area contributed by atoms with Gasteiger partial charge in [-0.05, 0) is 63.5 Å². The van der Waals surface area contributed by atoms with Crippen molar-refractivity contribution < 1.29 is 4.79 Å². The van der Waals surface area contributed by atoms with Crippen LogP contribution in [0.3, 0.4) is 0 Å². The lowest BCUT2D eigenvalue weighted by Gasteiger charge is -2.39. The number of anilines is 1. The largest absolute Gasteiger partial charge is 0.307 e. The number of nitrogens with zero attached hydrogens (tertiary/aromatic N) is 2. The zero-order valence-corrected chi connectivity index (χ0v) is 14.8. The highest BCUT2D eigenvalue weighted by Crippen LogP contribution is 2.32. The van der Waals surface area contributed by atoms with Crippen molar-refractivity contribution in [2.24, 2.45) is 5.92 Å². The van der Waals surface area contributed by atoms with E-state index in [4.69, 9.17) is 0 Å². The second kappa shape index (κ2) is 6.71. The molecule has 1 aliphatic carbocycles. The molecule has 0 spiro atoms. The quantitative estimate of drug-likeness (QED) is 0.774. The molecule has 2 aliphatic rings. The van der Waals surface area contributed by atoms with Crippen LogP contribution in [0.25, 0.3) is 0 Å². The first-order valence-electron chi connectivity index (χ1n) is 7.38. The number of hydrogen-bond acceptors (Lipinski definition) is 4. The maximum absolute atomic E-state index is 12.4. The molecule has 0 radical (unpaired) electrons. The number of amides is 1. The molecule has 1 saturated carbocycles. The van der Waals surface area contributed by atoms with Gasteiger partial charge in [-0.3, -0.25) is 4.79 Å². The Kier molecular flexibility index (Phi) is 4.91. The van der Waals surface area contributed by atoms with Crippen LogP contribution in [0.1, 0.15) is 38.5 Å². The minimum Gasteiger partial charge on any atom is -0.307 e. The summed E-state index contributed by atoms with van der Waals surface area (Å²) in [5.74, 6) is 1.20. The molecular weight excluding hydrogens is 400 g/mol. The Morgan fingerprint density at radius 2 is 2.05 bits per heavy atom. The second-order valence-electron chi connectivity index (χ2n) is 5.77. The molecule has 5 nitrogen and oxygen atoms in total. The summed E-state index contributed by atoms with van der Waals surface area (Å²) in [6.45, 7) is 0. The third-order valence-corrected chi connectivity index (χ3v) is 5.34. The Balaban J connectivity index is 1.63. The van der Waals surface area contributed by atoms with Crippen LogP contribution in [0.15, 0.2) is 15.4 Å². The topological polar surface area (TPSA) is 66.9 Å². The minimum atomic E-state index is -0.123. The normalized spacial score (nSPS) is 28.8. The molecule has 1 aromatic rings. The standard InChI is InChI=1S/C14H18Br2N4O/c15-11-7-17-13(12(16)19-11)20-14(21)10-6-5-8-3-1-2-4-9(8)18-10/h7-10,18H,1-6H2,(H,17,20,21). The van der Waals surface area contributed by atoms with E-state index in [-0.39, 0.29) is 11.9 Å². The monoisotopic (exact) mass is 416 g/mol. The van der Waals surface area contributed by atoms with Crippen LogP contribution in [0.2, 0.25) is 0 Å². The van der Waals surface area contributed by atoms with E-state index in [2.05, 4.69) is 52.5 Å². The fourth-order valence-corrected chi connectivity index (χ4v) is 4.25. The number of aromatic nitrogens is 2. The third kappa shape index (κ3) is 3.63. The van der Waals surface area contributed by atoms with Gasteiger partial charge in [0.2, 0.25) is 5.91 Å². The fraction of sp³-hybridized carbons (Fsp3) is 0.643. The highest BCUT2D eigenvalue weighted by atomic mass is 79.9. The van der Waals surface area contributed by atoms with Crippen molar-refractivity contribution in [1.29, 1.82) is 0 Å². The van der Waals surface area contributed by atoms with Gasteiger partial charge in [-0.15, -0.1) is 0 Å².